The van der Waals surface area contributed by atoms with Gasteiger partial charge in [-0.2, -0.15) is 9.61 Å². The van der Waals surface area contributed by atoms with Crippen molar-refractivity contribution >= 4 is 32.2 Å². The largest absolute Gasteiger partial charge is 0.263 e. The smallest absolute Gasteiger partial charge is 0.235 e. The third-order valence-corrected chi connectivity index (χ3v) is 4.52. The Morgan fingerprint density at radius 2 is 2.00 bits per heavy atom. The molecule has 0 aliphatic heterocycles. The lowest BCUT2D eigenvalue weighted by molar-refractivity contribution is 0.510. The summed E-state index contributed by atoms with van der Waals surface area (Å²) in [5.74, 6) is -1.76. The van der Waals surface area contributed by atoms with Crippen molar-refractivity contribution in [2.75, 3.05) is 0 Å². The highest BCUT2D eigenvalue weighted by Crippen LogP contribution is 2.30. The maximum absolute atomic E-state index is 14.0. The zero-order chi connectivity index (χ0) is 16.0. The van der Waals surface area contributed by atoms with Crippen LogP contribution >= 0.6 is 27.3 Å². The van der Waals surface area contributed by atoms with Crippen molar-refractivity contribution in [1.82, 2.24) is 24.8 Å². The lowest BCUT2D eigenvalue weighted by Gasteiger charge is -2.00. The zero-order valence-electron chi connectivity index (χ0n) is 11.2. The second-order valence-electron chi connectivity index (χ2n) is 4.62. The fraction of sp³-hybridized carbons (Fsp3) is 0. The van der Waals surface area contributed by atoms with E-state index < -0.39 is 11.6 Å². The molecule has 0 atom stereocenters. The number of fused-ring (bicyclic) bond motifs is 1. The van der Waals surface area contributed by atoms with Gasteiger partial charge in [0.1, 0.15) is 5.01 Å². The lowest BCUT2D eigenvalue weighted by Crippen LogP contribution is -1.95. The first-order valence-electron chi connectivity index (χ1n) is 6.41. The van der Waals surface area contributed by atoms with E-state index in [1.54, 1.807) is 12.4 Å². The Bertz CT molecular complexity index is 1030. The number of hydrogen-bond donors (Lipinski definition) is 0. The van der Waals surface area contributed by atoms with Crippen LogP contribution < -0.4 is 0 Å². The minimum atomic E-state index is -0.972. The number of nitrogens with zero attached hydrogens (tertiary/aromatic N) is 5. The molecule has 4 rings (SSSR count). The molecule has 0 radical (unpaired) electrons. The summed E-state index contributed by atoms with van der Waals surface area (Å²) in [6.07, 6.45) is 3.33. The van der Waals surface area contributed by atoms with Crippen LogP contribution in [0, 0.1) is 11.6 Å². The Hall–Kier alpha value is -2.26. The molecule has 0 saturated carbocycles. The summed E-state index contributed by atoms with van der Waals surface area (Å²) in [5.41, 5.74) is 0.808. The van der Waals surface area contributed by atoms with Gasteiger partial charge in [0, 0.05) is 22.4 Å². The second kappa shape index (κ2) is 5.43. The third kappa shape index (κ3) is 2.41. The van der Waals surface area contributed by atoms with Crippen LogP contribution in [0.1, 0.15) is 0 Å². The van der Waals surface area contributed by atoms with E-state index in [4.69, 9.17) is 0 Å². The monoisotopic (exact) mass is 393 g/mol. The van der Waals surface area contributed by atoms with E-state index in [1.807, 2.05) is 6.07 Å². The van der Waals surface area contributed by atoms with Crippen LogP contribution in [0.2, 0.25) is 0 Å². The highest BCUT2D eigenvalue weighted by molar-refractivity contribution is 9.10. The van der Waals surface area contributed by atoms with Crippen molar-refractivity contribution in [3.8, 4) is 22.0 Å². The van der Waals surface area contributed by atoms with Crippen molar-refractivity contribution in [1.29, 1.82) is 0 Å². The first-order chi connectivity index (χ1) is 11.1. The Morgan fingerprint density at radius 3 is 2.83 bits per heavy atom. The fourth-order valence-corrected chi connectivity index (χ4v) is 3.29. The molecule has 3 heterocycles. The SMILES string of the molecule is Fc1cccc(-c2nnc3sc(-c4cncc(Br)c4)nn23)c1F. The summed E-state index contributed by atoms with van der Waals surface area (Å²) in [6.45, 7) is 0. The molecule has 0 aliphatic carbocycles. The molecule has 5 nitrogen and oxygen atoms in total. The minimum absolute atomic E-state index is 0.0155. The number of halogens is 3. The molecular weight excluding hydrogens is 388 g/mol. The van der Waals surface area contributed by atoms with Crippen LogP contribution in [-0.4, -0.2) is 24.8 Å². The highest BCUT2D eigenvalue weighted by atomic mass is 79.9. The van der Waals surface area contributed by atoms with Gasteiger partial charge in [-0.3, -0.25) is 4.98 Å². The van der Waals surface area contributed by atoms with Crippen LogP contribution in [0.3, 0.4) is 0 Å². The molecule has 4 aromatic rings. The fourth-order valence-electron chi connectivity index (χ4n) is 2.11. The number of benzene rings is 1. The summed E-state index contributed by atoms with van der Waals surface area (Å²) in [4.78, 5) is 4.57. The summed E-state index contributed by atoms with van der Waals surface area (Å²) in [7, 11) is 0. The van der Waals surface area contributed by atoms with E-state index in [0.29, 0.717) is 9.97 Å². The molecule has 0 aliphatic rings. The molecule has 9 heteroatoms. The van der Waals surface area contributed by atoms with Crippen LogP contribution in [-0.2, 0) is 0 Å². The molecule has 0 bridgehead atoms. The van der Waals surface area contributed by atoms with E-state index in [0.717, 1.165) is 16.1 Å². The van der Waals surface area contributed by atoms with E-state index in [1.165, 1.54) is 28.0 Å². The Kier molecular flexibility index (Phi) is 3.38. The summed E-state index contributed by atoms with van der Waals surface area (Å²) >= 11 is 4.64. The van der Waals surface area contributed by atoms with Crippen LogP contribution in [0.25, 0.3) is 26.9 Å². The van der Waals surface area contributed by atoms with E-state index in [2.05, 4.69) is 36.2 Å². The maximum Gasteiger partial charge on any atom is 0.235 e. The van der Waals surface area contributed by atoms with Crippen LogP contribution in [0.15, 0.2) is 41.1 Å². The van der Waals surface area contributed by atoms with Gasteiger partial charge in [0.05, 0.1) is 5.56 Å². The van der Waals surface area contributed by atoms with Gasteiger partial charge in [-0.15, -0.1) is 10.2 Å². The quantitative estimate of drug-likeness (QED) is 0.517. The number of hydrogen-bond acceptors (Lipinski definition) is 5. The lowest BCUT2D eigenvalue weighted by atomic mass is 10.2. The molecule has 0 spiro atoms. The summed E-state index contributed by atoms with van der Waals surface area (Å²) in [6, 6.07) is 5.77. The Morgan fingerprint density at radius 1 is 1.13 bits per heavy atom. The van der Waals surface area contributed by atoms with E-state index >= 15 is 0 Å². The van der Waals surface area contributed by atoms with E-state index in [-0.39, 0.29) is 11.4 Å². The first kappa shape index (κ1) is 14.3. The molecule has 23 heavy (non-hydrogen) atoms. The summed E-state index contributed by atoms with van der Waals surface area (Å²) < 4.78 is 29.6. The standard InChI is InChI=1S/C14H6BrF2N5S/c15-8-4-7(5-18-6-8)13-21-22-12(19-20-14(22)23-13)9-2-1-3-10(16)11(9)17/h1-6H. The van der Waals surface area contributed by atoms with Gasteiger partial charge in [0.25, 0.3) is 0 Å². The van der Waals surface area contributed by atoms with Crippen LogP contribution in [0.5, 0.6) is 0 Å². The van der Waals surface area contributed by atoms with Gasteiger partial charge in [-0.1, -0.05) is 17.4 Å². The van der Waals surface area contributed by atoms with Crippen LogP contribution in [0.4, 0.5) is 8.78 Å². The molecule has 0 saturated heterocycles. The average Bonchev–Trinajstić information content (AvgIpc) is 3.11. The topological polar surface area (TPSA) is 56.0 Å². The molecule has 3 aromatic heterocycles. The average molecular weight is 394 g/mol. The first-order valence-corrected chi connectivity index (χ1v) is 8.02. The minimum Gasteiger partial charge on any atom is -0.263 e. The second-order valence-corrected chi connectivity index (χ2v) is 6.49. The van der Waals surface area contributed by atoms with Crippen molar-refractivity contribution in [2.24, 2.45) is 0 Å². The van der Waals surface area contributed by atoms with Gasteiger partial charge in [-0.25, -0.2) is 8.78 Å². The maximum atomic E-state index is 14.0. The molecule has 0 unspecified atom stereocenters. The van der Waals surface area contributed by atoms with Crippen molar-refractivity contribution in [3.63, 3.8) is 0 Å². The van der Waals surface area contributed by atoms with Gasteiger partial charge >= 0.3 is 0 Å². The van der Waals surface area contributed by atoms with Gasteiger partial charge in [-0.05, 0) is 34.1 Å². The molecule has 0 amide bonds. The summed E-state index contributed by atoms with van der Waals surface area (Å²) in [5, 5.41) is 12.9. The van der Waals surface area contributed by atoms with Crippen molar-refractivity contribution in [2.45, 2.75) is 0 Å². The van der Waals surface area contributed by atoms with E-state index in [9.17, 15) is 8.78 Å². The number of pyridine rings is 1. The van der Waals surface area contributed by atoms with Gasteiger partial charge in [0.15, 0.2) is 17.5 Å². The molecular formula is C14H6BrF2N5S. The molecule has 0 N–H and O–H groups in total. The normalized spacial score (nSPS) is 11.3. The zero-order valence-corrected chi connectivity index (χ0v) is 13.6. The Labute approximate surface area is 140 Å². The predicted octanol–water partition coefficient (Wildman–Crippen LogP) is 3.96. The predicted molar refractivity (Wildman–Crippen MR) is 84.9 cm³/mol. The number of aromatic nitrogens is 5. The Balaban J connectivity index is 1.89. The third-order valence-electron chi connectivity index (χ3n) is 3.14. The highest BCUT2D eigenvalue weighted by Gasteiger charge is 2.19. The molecule has 114 valence electrons. The molecule has 0 fully saturated rings. The van der Waals surface area contributed by atoms with Crippen molar-refractivity contribution < 1.29 is 8.78 Å². The van der Waals surface area contributed by atoms with Crippen molar-refractivity contribution in [3.05, 3.63) is 52.8 Å². The van der Waals surface area contributed by atoms with Gasteiger partial charge in [0.2, 0.25) is 4.96 Å². The van der Waals surface area contributed by atoms with Gasteiger partial charge < -0.3 is 0 Å². The number of rotatable bonds is 2. The molecule has 1 aromatic carbocycles.